The highest BCUT2D eigenvalue weighted by Gasteiger charge is 2.29. The van der Waals surface area contributed by atoms with Gasteiger partial charge in [-0.2, -0.15) is 0 Å². The second-order valence-electron chi connectivity index (χ2n) is 4.46. The Hall–Kier alpha value is -1.39. The van der Waals surface area contributed by atoms with E-state index in [1.165, 1.54) is 5.56 Å². The van der Waals surface area contributed by atoms with Crippen LogP contribution >= 0.6 is 0 Å². The van der Waals surface area contributed by atoms with Crippen LogP contribution in [0.4, 0.5) is 5.69 Å². The van der Waals surface area contributed by atoms with E-state index in [0.717, 1.165) is 12.1 Å². The van der Waals surface area contributed by atoms with E-state index in [4.69, 9.17) is 9.84 Å². The van der Waals surface area contributed by atoms with E-state index in [1.807, 2.05) is 24.3 Å². The fourth-order valence-corrected chi connectivity index (χ4v) is 2.24. The predicted octanol–water partition coefficient (Wildman–Crippen LogP) is 1.36. The molecule has 1 amide bonds. The average Bonchev–Trinajstić information content (AvgIpc) is 2.40. The number of aliphatic hydroxyl groups excluding tert-OH is 1. The standard InChI is InChI=1S/C14H19NO3/c1-2-11-3-5-12(6-4-11)15-13(7-8-16)9-18-10-14(15)17/h3-6,13,16H,2,7-10H2,1H3. The maximum absolute atomic E-state index is 12.0. The number of carbonyl (C=O) groups is 1. The average molecular weight is 249 g/mol. The van der Waals surface area contributed by atoms with Gasteiger partial charge in [0.15, 0.2) is 0 Å². The van der Waals surface area contributed by atoms with Gasteiger partial charge in [0.05, 0.1) is 12.6 Å². The van der Waals surface area contributed by atoms with Gasteiger partial charge in [0.1, 0.15) is 6.61 Å². The summed E-state index contributed by atoms with van der Waals surface area (Å²) in [7, 11) is 0. The molecule has 0 spiro atoms. The summed E-state index contributed by atoms with van der Waals surface area (Å²) in [6.07, 6.45) is 1.53. The molecule has 1 aromatic rings. The lowest BCUT2D eigenvalue weighted by Gasteiger charge is -2.35. The fraction of sp³-hybridized carbons (Fsp3) is 0.500. The quantitative estimate of drug-likeness (QED) is 0.876. The molecular formula is C14H19NO3. The van der Waals surface area contributed by atoms with Gasteiger partial charge in [0.25, 0.3) is 5.91 Å². The molecule has 1 unspecified atom stereocenters. The SMILES string of the molecule is CCc1ccc(N2C(=O)COCC2CCO)cc1. The summed E-state index contributed by atoms with van der Waals surface area (Å²) in [5.41, 5.74) is 2.14. The molecule has 1 atom stereocenters. The first kappa shape index (κ1) is 13.1. The zero-order chi connectivity index (χ0) is 13.0. The highest BCUT2D eigenvalue weighted by molar-refractivity contribution is 5.95. The molecule has 0 saturated carbocycles. The van der Waals surface area contributed by atoms with Crippen LogP contribution in [0.3, 0.4) is 0 Å². The zero-order valence-electron chi connectivity index (χ0n) is 10.6. The first-order chi connectivity index (χ1) is 8.76. The molecule has 1 N–H and O–H groups in total. The molecule has 98 valence electrons. The predicted molar refractivity (Wildman–Crippen MR) is 69.6 cm³/mol. The number of aliphatic hydroxyl groups is 1. The largest absolute Gasteiger partial charge is 0.396 e. The van der Waals surface area contributed by atoms with Crippen molar-refractivity contribution in [3.05, 3.63) is 29.8 Å². The van der Waals surface area contributed by atoms with Gasteiger partial charge in [0, 0.05) is 12.3 Å². The van der Waals surface area contributed by atoms with Gasteiger partial charge >= 0.3 is 0 Å². The molecule has 0 radical (unpaired) electrons. The molecular weight excluding hydrogens is 230 g/mol. The molecule has 1 fully saturated rings. The molecule has 0 bridgehead atoms. The van der Waals surface area contributed by atoms with E-state index >= 15 is 0 Å². The van der Waals surface area contributed by atoms with E-state index in [0.29, 0.717) is 13.0 Å². The van der Waals surface area contributed by atoms with Gasteiger partial charge in [-0.3, -0.25) is 4.79 Å². The Labute approximate surface area is 107 Å². The molecule has 4 heteroatoms. The minimum Gasteiger partial charge on any atom is -0.396 e. The van der Waals surface area contributed by atoms with E-state index in [1.54, 1.807) is 4.90 Å². The normalized spacial score (nSPS) is 20.2. The van der Waals surface area contributed by atoms with Crippen molar-refractivity contribution in [1.82, 2.24) is 0 Å². The third-order valence-corrected chi connectivity index (χ3v) is 3.25. The van der Waals surface area contributed by atoms with E-state index in [9.17, 15) is 4.79 Å². The molecule has 0 aromatic heterocycles. The first-order valence-electron chi connectivity index (χ1n) is 6.36. The van der Waals surface area contributed by atoms with Gasteiger partial charge in [0.2, 0.25) is 0 Å². The lowest BCUT2D eigenvalue weighted by Crippen LogP contribution is -2.50. The minimum absolute atomic E-state index is 0.0380. The van der Waals surface area contributed by atoms with Crippen LogP contribution in [0.2, 0.25) is 0 Å². The number of benzene rings is 1. The monoisotopic (exact) mass is 249 g/mol. The minimum atomic E-state index is -0.0660. The lowest BCUT2D eigenvalue weighted by molar-refractivity contribution is -0.127. The molecule has 1 heterocycles. The summed E-state index contributed by atoms with van der Waals surface area (Å²) in [4.78, 5) is 13.7. The van der Waals surface area contributed by atoms with Crippen molar-refractivity contribution in [2.24, 2.45) is 0 Å². The van der Waals surface area contributed by atoms with Gasteiger partial charge in [-0.25, -0.2) is 0 Å². The Morgan fingerprint density at radius 1 is 1.39 bits per heavy atom. The van der Waals surface area contributed by atoms with Gasteiger partial charge in [-0.05, 0) is 30.5 Å². The Morgan fingerprint density at radius 2 is 2.11 bits per heavy atom. The number of anilines is 1. The van der Waals surface area contributed by atoms with Crippen LogP contribution in [0, 0.1) is 0 Å². The smallest absolute Gasteiger partial charge is 0.253 e. The van der Waals surface area contributed by atoms with Crippen LogP contribution < -0.4 is 4.90 Å². The number of hydrogen-bond acceptors (Lipinski definition) is 3. The molecule has 1 saturated heterocycles. The number of nitrogens with zero attached hydrogens (tertiary/aromatic N) is 1. The third-order valence-electron chi connectivity index (χ3n) is 3.25. The van der Waals surface area contributed by atoms with Crippen molar-refractivity contribution in [1.29, 1.82) is 0 Å². The summed E-state index contributed by atoms with van der Waals surface area (Å²) >= 11 is 0. The zero-order valence-corrected chi connectivity index (χ0v) is 10.6. The molecule has 1 aliphatic heterocycles. The fourth-order valence-electron chi connectivity index (χ4n) is 2.24. The van der Waals surface area contributed by atoms with E-state index < -0.39 is 0 Å². The molecule has 1 aromatic carbocycles. The summed E-state index contributed by atoms with van der Waals surface area (Å²) in [6.45, 7) is 2.77. The number of hydrogen-bond donors (Lipinski definition) is 1. The maximum Gasteiger partial charge on any atom is 0.253 e. The van der Waals surface area contributed by atoms with Crippen molar-refractivity contribution in [2.45, 2.75) is 25.8 Å². The Bertz CT molecular complexity index is 400. The van der Waals surface area contributed by atoms with Crippen molar-refractivity contribution < 1.29 is 14.6 Å². The first-order valence-corrected chi connectivity index (χ1v) is 6.36. The summed E-state index contributed by atoms with van der Waals surface area (Å²) < 4.78 is 5.24. The van der Waals surface area contributed by atoms with Gasteiger partial charge in [-0.1, -0.05) is 19.1 Å². The summed E-state index contributed by atoms with van der Waals surface area (Å²) in [6, 6.07) is 7.94. The Balaban J connectivity index is 2.22. The van der Waals surface area contributed by atoms with Gasteiger partial charge in [-0.15, -0.1) is 0 Å². The van der Waals surface area contributed by atoms with Crippen molar-refractivity contribution in [3.63, 3.8) is 0 Å². The highest BCUT2D eigenvalue weighted by Crippen LogP contribution is 2.22. The molecule has 4 nitrogen and oxygen atoms in total. The Kier molecular flexibility index (Phi) is 4.33. The maximum atomic E-state index is 12.0. The van der Waals surface area contributed by atoms with E-state index in [-0.39, 0.29) is 25.2 Å². The lowest BCUT2D eigenvalue weighted by atomic mass is 10.1. The van der Waals surface area contributed by atoms with Crippen LogP contribution in [0.25, 0.3) is 0 Å². The molecule has 0 aliphatic carbocycles. The Morgan fingerprint density at radius 3 is 2.72 bits per heavy atom. The van der Waals surface area contributed by atoms with Crippen molar-refractivity contribution >= 4 is 11.6 Å². The van der Waals surface area contributed by atoms with Crippen molar-refractivity contribution in [2.75, 3.05) is 24.7 Å². The number of rotatable bonds is 4. The summed E-state index contributed by atoms with van der Waals surface area (Å²) in [5, 5.41) is 9.06. The topological polar surface area (TPSA) is 49.8 Å². The number of morpholine rings is 1. The number of ether oxygens (including phenoxy) is 1. The van der Waals surface area contributed by atoms with Crippen LogP contribution in [-0.4, -0.2) is 36.9 Å². The molecule has 1 aliphatic rings. The third kappa shape index (κ3) is 2.71. The van der Waals surface area contributed by atoms with Crippen LogP contribution in [0.15, 0.2) is 24.3 Å². The van der Waals surface area contributed by atoms with Crippen molar-refractivity contribution in [3.8, 4) is 0 Å². The molecule has 18 heavy (non-hydrogen) atoms. The number of amides is 1. The second-order valence-corrected chi connectivity index (χ2v) is 4.46. The van der Waals surface area contributed by atoms with Crippen LogP contribution in [-0.2, 0) is 16.0 Å². The number of aryl methyl sites for hydroxylation is 1. The van der Waals surface area contributed by atoms with E-state index in [2.05, 4.69) is 6.92 Å². The summed E-state index contributed by atoms with van der Waals surface area (Å²) in [5.74, 6) is -0.0380. The number of carbonyl (C=O) groups excluding carboxylic acids is 1. The highest BCUT2D eigenvalue weighted by atomic mass is 16.5. The van der Waals surface area contributed by atoms with Crippen LogP contribution in [0.5, 0.6) is 0 Å². The second kappa shape index (κ2) is 5.98. The van der Waals surface area contributed by atoms with Gasteiger partial charge < -0.3 is 14.7 Å². The van der Waals surface area contributed by atoms with Crippen LogP contribution in [0.1, 0.15) is 18.9 Å². The molecule has 2 rings (SSSR count).